The molecule has 2 amide bonds. The molecule has 44 heavy (non-hydrogen) atoms. The number of imidazole rings is 1. The first-order valence-electron chi connectivity index (χ1n) is 14.1. The molecule has 1 aliphatic rings. The number of hydrogen-bond donors (Lipinski definition) is 2. The quantitative estimate of drug-likeness (QED) is 0.224. The summed E-state index contributed by atoms with van der Waals surface area (Å²) in [5.41, 5.74) is 1.81. The maximum Gasteiger partial charge on any atom is 0.408 e. The van der Waals surface area contributed by atoms with Gasteiger partial charge in [-0.05, 0) is 80.0 Å². The van der Waals surface area contributed by atoms with Gasteiger partial charge in [0, 0.05) is 30.8 Å². The van der Waals surface area contributed by atoms with Crippen LogP contribution in [0.5, 0.6) is 0 Å². The second kappa shape index (κ2) is 12.6. The Balaban J connectivity index is 1.44. The van der Waals surface area contributed by atoms with Crippen molar-refractivity contribution in [2.75, 3.05) is 11.9 Å². The molecule has 5 rings (SSSR count). The highest BCUT2D eigenvalue weighted by atomic mass is 19.1. The van der Waals surface area contributed by atoms with Crippen molar-refractivity contribution in [3.05, 3.63) is 101 Å². The molecular weight excluding hydrogens is 570 g/mol. The zero-order valence-corrected chi connectivity index (χ0v) is 24.5. The van der Waals surface area contributed by atoms with Crippen LogP contribution >= 0.6 is 0 Å². The minimum Gasteiger partial charge on any atom is -0.444 e. The van der Waals surface area contributed by atoms with E-state index in [0.29, 0.717) is 47.2 Å². The van der Waals surface area contributed by atoms with Crippen LogP contribution in [0, 0.1) is 16.5 Å². The summed E-state index contributed by atoms with van der Waals surface area (Å²) in [4.78, 5) is 43.9. The Kier molecular flexibility index (Phi) is 8.70. The molecule has 2 N–H and O–H groups in total. The fraction of sp³-hybridized carbons (Fsp3) is 0.281. The number of hydrogen-bond acceptors (Lipinski definition) is 7. The summed E-state index contributed by atoms with van der Waals surface area (Å²) in [6.45, 7) is 5.95. The van der Waals surface area contributed by atoms with Crippen molar-refractivity contribution in [1.82, 2.24) is 19.8 Å². The maximum absolute atomic E-state index is 14.2. The number of aromatic nitrogens is 2. The monoisotopic (exact) mass is 602 g/mol. The Hall–Kier alpha value is -5.13. The third kappa shape index (κ3) is 7.25. The van der Waals surface area contributed by atoms with Gasteiger partial charge in [0.2, 0.25) is 5.91 Å². The SMILES string of the molecule is CC(C)(C)OC(=O)N[C@@H](Cc1ccc(N=O)cc1)C(=O)N1CCn2c(nc(-c3cccc(F)c3)c2Nc2ccc(F)cc2)C1. The Morgan fingerprint density at radius 1 is 1.00 bits per heavy atom. The number of alkyl carbamates (subject to hydrolysis) is 1. The molecule has 4 aromatic rings. The first-order chi connectivity index (χ1) is 21.0. The molecule has 1 aromatic heterocycles. The summed E-state index contributed by atoms with van der Waals surface area (Å²) < 4.78 is 35.1. The van der Waals surface area contributed by atoms with E-state index in [-0.39, 0.29) is 30.4 Å². The summed E-state index contributed by atoms with van der Waals surface area (Å²) in [6, 6.07) is 17.4. The zero-order chi connectivity index (χ0) is 31.4. The normalized spacial score (nSPS) is 13.5. The zero-order valence-electron chi connectivity index (χ0n) is 24.5. The van der Waals surface area contributed by atoms with Gasteiger partial charge >= 0.3 is 6.09 Å². The highest BCUT2D eigenvalue weighted by molar-refractivity contribution is 5.86. The molecular formula is C32H32F2N6O4. The average Bonchev–Trinajstić information content (AvgIpc) is 3.34. The Labute approximate surface area is 253 Å². The van der Waals surface area contributed by atoms with Crippen molar-refractivity contribution in [2.24, 2.45) is 5.18 Å². The van der Waals surface area contributed by atoms with Crippen LogP contribution < -0.4 is 10.6 Å². The summed E-state index contributed by atoms with van der Waals surface area (Å²) in [5, 5.41) is 8.90. The molecule has 0 saturated heterocycles. The van der Waals surface area contributed by atoms with Gasteiger partial charge < -0.3 is 24.8 Å². The first-order valence-corrected chi connectivity index (χ1v) is 14.1. The van der Waals surface area contributed by atoms with Crippen LogP contribution in [0.2, 0.25) is 0 Å². The molecule has 1 aliphatic heterocycles. The smallest absolute Gasteiger partial charge is 0.408 e. The molecule has 0 radical (unpaired) electrons. The molecule has 0 aliphatic carbocycles. The van der Waals surface area contributed by atoms with Gasteiger partial charge in [-0.1, -0.05) is 24.3 Å². The van der Waals surface area contributed by atoms with Crippen molar-refractivity contribution in [2.45, 2.75) is 51.9 Å². The molecule has 0 unspecified atom stereocenters. The molecule has 1 atom stereocenters. The third-order valence-corrected chi connectivity index (χ3v) is 6.96. The van der Waals surface area contributed by atoms with E-state index in [9.17, 15) is 23.3 Å². The van der Waals surface area contributed by atoms with Crippen LogP contribution in [-0.4, -0.2) is 44.6 Å². The van der Waals surface area contributed by atoms with Crippen LogP contribution in [0.4, 0.5) is 30.8 Å². The average molecular weight is 603 g/mol. The van der Waals surface area contributed by atoms with Gasteiger partial charge in [0.05, 0.1) is 6.54 Å². The Bertz CT molecular complexity index is 1670. The minimum atomic E-state index is -0.971. The number of fused-ring (bicyclic) bond motifs is 1. The van der Waals surface area contributed by atoms with E-state index in [1.54, 1.807) is 74.2 Å². The predicted octanol–water partition coefficient (Wildman–Crippen LogP) is 6.45. The molecule has 0 saturated carbocycles. The van der Waals surface area contributed by atoms with Crippen molar-refractivity contribution < 1.29 is 23.1 Å². The number of nitrogens with one attached hydrogen (secondary N) is 2. The summed E-state index contributed by atoms with van der Waals surface area (Å²) in [7, 11) is 0. The number of ether oxygens (including phenoxy) is 1. The molecule has 2 heterocycles. The van der Waals surface area contributed by atoms with E-state index < -0.39 is 23.6 Å². The Morgan fingerprint density at radius 2 is 1.73 bits per heavy atom. The molecule has 228 valence electrons. The van der Waals surface area contributed by atoms with Crippen LogP contribution in [0.3, 0.4) is 0 Å². The summed E-state index contributed by atoms with van der Waals surface area (Å²) in [5.74, 6) is -0.0205. The number of rotatable bonds is 8. The van der Waals surface area contributed by atoms with Crippen molar-refractivity contribution in [3.63, 3.8) is 0 Å². The minimum absolute atomic E-state index is 0.118. The van der Waals surface area contributed by atoms with Crippen molar-refractivity contribution >= 4 is 29.2 Å². The van der Waals surface area contributed by atoms with Crippen molar-refractivity contribution in [3.8, 4) is 11.3 Å². The van der Waals surface area contributed by atoms with Crippen LogP contribution in [0.15, 0.2) is 78.0 Å². The van der Waals surface area contributed by atoms with E-state index in [0.717, 1.165) is 0 Å². The van der Waals surface area contributed by atoms with E-state index in [1.807, 2.05) is 4.57 Å². The third-order valence-electron chi connectivity index (χ3n) is 6.96. The van der Waals surface area contributed by atoms with E-state index in [2.05, 4.69) is 15.8 Å². The fourth-order valence-electron chi connectivity index (χ4n) is 4.95. The lowest BCUT2D eigenvalue weighted by molar-refractivity contribution is -0.135. The highest BCUT2D eigenvalue weighted by Gasteiger charge is 2.32. The van der Waals surface area contributed by atoms with Gasteiger partial charge in [0.1, 0.15) is 46.3 Å². The number of nitrogens with zero attached hydrogens (tertiary/aromatic N) is 4. The van der Waals surface area contributed by atoms with Crippen molar-refractivity contribution in [1.29, 1.82) is 0 Å². The lowest BCUT2D eigenvalue weighted by Gasteiger charge is -2.32. The maximum atomic E-state index is 14.2. The molecule has 10 nitrogen and oxygen atoms in total. The number of halogens is 2. The second-order valence-electron chi connectivity index (χ2n) is 11.4. The fourth-order valence-corrected chi connectivity index (χ4v) is 4.95. The topological polar surface area (TPSA) is 118 Å². The van der Waals surface area contributed by atoms with Gasteiger partial charge in [-0.25, -0.2) is 18.6 Å². The largest absolute Gasteiger partial charge is 0.444 e. The van der Waals surface area contributed by atoms with Gasteiger partial charge in [0.25, 0.3) is 0 Å². The number of carbonyl (C=O) groups is 2. The second-order valence-corrected chi connectivity index (χ2v) is 11.4. The molecule has 0 spiro atoms. The van der Waals surface area contributed by atoms with Gasteiger partial charge in [-0.2, -0.15) is 0 Å². The lowest BCUT2D eigenvalue weighted by Crippen LogP contribution is -2.52. The Morgan fingerprint density at radius 3 is 2.39 bits per heavy atom. The standard InChI is InChI=1S/C32H32F2N6O4/c1-32(2,3)44-31(42)36-26(17-20-7-11-25(38-43)12-8-20)30(41)39-15-16-40-27(19-39)37-28(21-5-4-6-23(34)18-21)29(40)35-24-13-9-22(33)10-14-24/h4-14,18,26,35H,15-17,19H2,1-3H3,(H,36,42)/t26-/m0/s1. The van der Waals surface area contributed by atoms with E-state index in [1.165, 1.54) is 24.3 Å². The number of carbonyl (C=O) groups excluding carboxylic acids is 2. The van der Waals surface area contributed by atoms with E-state index in [4.69, 9.17) is 9.72 Å². The summed E-state index contributed by atoms with van der Waals surface area (Å²) >= 11 is 0. The first kappa shape index (κ1) is 30.3. The highest BCUT2D eigenvalue weighted by Crippen LogP contribution is 2.34. The number of nitroso groups, excluding NO2 is 1. The predicted molar refractivity (Wildman–Crippen MR) is 161 cm³/mol. The summed E-state index contributed by atoms with van der Waals surface area (Å²) in [6.07, 6.45) is -0.589. The van der Waals surface area contributed by atoms with Gasteiger partial charge in [-0.15, -0.1) is 4.91 Å². The van der Waals surface area contributed by atoms with Gasteiger partial charge in [-0.3, -0.25) is 4.79 Å². The number of anilines is 2. The molecule has 0 bridgehead atoms. The van der Waals surface area contributed by atoms with Crippen LogP contribution in [0.25, 0.3) is 11.3 Å². The lowest BCUT2D eigenvalue weighted by atomic mass is 10.0. The molecule has 0 fully saturated rings. The molecule has 12 heteroatoms. The number of amides is 2. The van der Waals surface area contributed by atoms with Crippen LogP contribution in [0.1, 0.15) is 32.2 Å². The molecule has 3 aromatic carbocycles. The van der Waals surface area contributed by atoms with E-state index >= 15 is 0 Å². The van der Waals surface area contributed by atoms with Gasteiger partial charge in [0.15, 0.2) is 0 Å². The van der Waals surface area contributed by atoms with Crippen LogP contribution in [-0.2, 0) is 29.0 Å². The number of benzene rings is 3.